The number of nitrogens with one attached hydrogen (secondary N) is 3. The Kier molecular flexibility index (Phi) is 8.40. The normalized spacial score (nSPS) is 19.0. The van der Waals surface area contributed by atoms with Crippen LogP contribution in [0, 0.1) is 11.7 Å². The highest BCUT2D eigenvalue weighted by atomic mass is 19.3. The number of fused-ring (bicyclic) bond motifs is 1. The minimum atomic E-state index is -3.32. The third-order valence-corrected chi connectivity index (χ3v) is 7.83. The highest BCUT2D eigenvalue weighted by molar-refractivity contribution is 5.93. The van der Waals surface area contributed by atoms with Crippen molar-refractivity contribution in [3.8, 4) is 0 Å². The average Bonchev–Trinajstić information content (AvgIpc) is 3.47. The zero-order chi connectivity index (χ0) is 31.1. The summed E-state index contributed by atoms with van der Waals surface area (Å²) < 4.78 is 102. The lowest BCUT2D eigenvalue weighted by atomic mass is 9.81. The summed E-state index contributed by atoms with van der Waals surface area (Å²) in [6.07, 6.45) is -3.46. The third kappa shape index (κ3) is 7.09. The number of rotatable bonds is 11. The number of hydrogen-bond acceptors (Lipinski definition) is 6. The summed E-state index contributed by atoms with van der Waals surface area (Å²) in [5, 5.41) is 12.1. The maximum Gasteiger partial charge on any atom is 0.276 e. The van der Waals surface area contributed by atoms with Crippen molar-refractivity contribution in [2.45, 2.75) is 88.0 Å². The van der Waals surface area contributed by atoms with Gasteiger partial charge in [-0.3, -0.25) is 9.59 Å². The van der Waals surface area contributed by atoms with Crippen LogP contribution >= 0.6 is 0 Å². The van der Waals surface area contributed by atoms with Crippen LogP contribution in [0.2, 0.25) is 0 Å². The SMILES string of the molecule is CC(F)(F)CNC(=O)C(CC(F)F)c1ccc2[nH]c([C@@H](NC(=O)c3nonc3C3CC3)C3CCC(F)(F)CC3)nc2c1F. The Balaban J connectivity index is 1.47. The molecule has 9 nitrogen and oxygen atoms in total. The number of benzene rings is 1. The molecule has 3 N–H and O–H groups in total. The number of H-pyrrole nitrogens is 1. The maximum absolute atomic E-state index is 15.8. The van der Waals surface area contributed by atoms with Gasteiger partial charge in [-0.25, -0.2) is 40.3 Å². The van der Waals surface area contributed by atoms with E-state index in [0.29, 0.717) is 12.6 Å². The van der Waals surface area contributed by atoms with Gasteiger partial charge in [-0.1, -0.05) is 11.2 Å². The van der Waals surface area contributed by atoms with Crippen LogP contribution < -0.4 is 10.6 Å². The Morgan fingerprint density at radius 1 is 1.14 bits per heavy atom. The number of amides is 2. The molecule has 3 aromatic rings. The highest BCUT2D eigenvalue weighted by Gasteiger charge is 2.41. The second kappa shape index (κ2) is 11.8. The van der Waals surface area contributed by atoms with Gasteiger partial charge in [0.05, 0.1) is 24.0 Å². The fourth-order valence-corrected chi connectivity index (χ4v) is 5.40. The van der Waals surface area contributed by atoms with E-state index < -0.39 is 85.2 Å². The van der Waals surface area contributed by atoms with E-state index in [4.69, 9.17) is 4.63 Å². The molecule has 0 saturated heterocycles. The molecule has 43 heavy (non-hydrogen) atoms. The molecular formula is C27H29F7N6O3. The van der Waals surface area contributed by atoms with Gasteiger partial charge in [0.1, 0.15) is 17.0 Å². The van der Waals surface area contributed by atoms with Crippen molar-refractivity contribution in [3.05, 3.63) is 40.7 Å². The van der Waals surface area contributed by atoms with Gasteiger partial charge >= 0.3 is 0 Å². The van der Waals surface area contributed by atoms with Crippen molar-refractivity contribution < 1.29 is 45.0 Å². The molecule has 0 aliphatic heterocycles. The van der Waals surface area contributed by atoms with Crippen molar-refractivity contribution in [2.24, 2.45) is 5.92 Å². The summed E-state index contributed by atoms with van der Waals surface area (Å²) >= 11 is 0. The van der Waals surface area contributed by atoms with Gasteiger partial charge in [-0.2, -0.15) is 0 Å². The fourth-order valence-electron chi connectivity index (χ4n) is 5.40. The van der Waals surface area contributed by atoms with Crippen LogP contribution in [-0.4, -0.2) is 56.9 Å². The minimum absolute atomic E-state index is 0.00790. The topological polar surface area (TPSA) is 126 Å². The molecule has 16 heteroatoms. The quantitative estimate of drug-likeness (QED) is 0.235. The molecule has 0 bridgehead atoms. The van der Waals surface area contributed by atoms with Gasteiger partial charge in [0.25, 0.3) is 11.8 Å². The van der Waals surface area contributed by atoms with Crippen LogP contribution in [0.3, 0.4) is 0 Å². The van der Waals surface area contributed by atoms with Crippen LogP contribution in [0.25, 0.3) is 11.0 Å². The standard InChI is InChI=1S/C27H29F7N6O3/c1-26(31,32)11-35-24(41)15(10-17(28)29)14-4-5-16-21(18(14)30)37-23(36-16)20(13-6-8-27(33,34)9-7-13)38-25(42)22-19(12-2-3-12)39-43-40-22/h4-5,12-13,15,17,20H,2-3,6-11H2,1H3,(H,35,41)(H,36,37)(H,38,42)/t15?,20-/m0/s1. The van der Waals surface area contributed by atoms with Crippen molar-refractivity contribution >= 4 is 22.8 Å². The van der Waals surface area contributed by atoms with E-state index in [9.17, 15) is 35.9 Å². The number of aromatic nitrogens is 4. The molecule has 1 aromatic carbocycles. The monoisotopic (exact) mass is 618 g/mol. The number of hydrogen-bond donors (Lipinski definition) is 3. The predicted octanol–water partition coefficient (Wildman–Crippen LogP) is 5.77. The molecule has 2 heterocycles. The van der Waals surface area contributed by atoms with E-state index in [1.54, 1.807) is 0 Å². The summed E-state index contributed by atoms with van der Waals surface area (Å²) in [6, 6.07) is 1.36. The summed E-state index contributed by atoms with van der Waals surface area (Å²) in [5.74, 6) is -11.6. The molecule has 2 amide bonds. The molecule has 234 valence electrons. The first-order valence-corrected chi connectivity index (χ1v) is 13.9. The first-order chi connectivity index (χ1) is 20.2. The van der Waals surface area contributed by atoms with Crippen LogP contribution in [0.4, 0.5) is 30.7 Å². The van der Waals surface area contributed by atoms with E-state index >= 15 is 4.39 Å². The number of carbonyl (C=O) groups is 2. The number of carbonyl (C=O) groups excluding carboxylic acids is 2. The van der Waals surface area contributed by atoms with Crippen molar-refractivity contribution in [2.75, 3.05) is 6.54 Å². The first-order valence-electron chi connectivity index (χ1n) is 13.9. The summed E-state index contributed by atoms with van der Waals surface area (Å²) in [6.45, 7) is -0.602. The van der Waals surface area contributed by atoms with Gasteiger partial charge in [0.2, 0.25) is 18.3 Å². The lowest BCUT2D eigenvalue weighted by Crippen LogP contribution is -2.38. The van der Waals surface area contributed by atoms with Gasteiger partial charge in [0.15, 0.2) is 11.5 Å². The second-order valence-corrected chi connectivity index (χ2v) is 11.4. The number of imidazole rings is 1. The van der Waals surface area contributed by atoms with Crippen LogP contribution in [0.5, 0.6) is 0 Å². The van der Waals surface area contributed by atoms with E-state index in [-0.39, 0.29) is 41.3 Å². The Hall–Kier alpha value is -3.72. The van der Waals surface area contributed by atoms with E-state index in [2.05, 4.69) is 25.6 Å². The van der Waals surface area contributed by atoms with Crippen LogP contribution in [0.15, 0.2) is 16.8 Å². The zero-order valence-electron chi connectivity index (χ0n) is 22.9. The summed E-state index contributed by atoms with van der Waals surface area (Å²) in [5.41, 5.74) is -0.451. The van der Waals surface area contributed by atoms with E-state index in [1.165, 1.54) is 6.07 Å². The Morgan fingerprint density at radius 2 is 1.84 bits per heavy atom. The lowest BCUT2D eigenvalue weighted by Gasteiger charge is -2.33. The number of nitrogens with zero attached hydrogens (tertiary/aromatic N) is 3. The molecule has 0 spiro atoms. The molecule has 2 aliphatic rings. The lowest BCUT2D eigenvalue weighted by molar-refractivity contribution is -0.125. The average molecular weight is 619 g/mol. The van der Waals surface area contributed by atoms with Gasteiger partial charge in [0, 0.05) is 37.7 Å². The Morgan fingerprint density at radius 3 is 2.47 bits per heavy atom. The van der Waals surface area contributed by atoms with Crippen LogP contribution in [0.1, 0.15) is 97.3 Å². The highest BCUT2D eigenvalue weighted by Crippen LogP contribution is 2.43. The molecule has 2 aliphatic carbocycles. The smallest absolute Gasteiger partial charge is 0.276 e. The number of alkyl halides is 6. The van der Waals surface area contributed by atoms with Crippen molar-refractivity contribution in [3.63, 3.8) is 0 Å². The van der Waals surface area contributed by atoms with E-state index in [0.717, 1.165) is 18.9 Å². The molecule has 2 fully saturated rings. The first kappa shape index (κ1) is 30.7. The largest absolute Gasteiger partial charge is 0.350 e. The van der Waals surface area contributed by atoms with Crippen molar-refractivity contribution in [1.82, 2.24) is 30.9 Å². The molecular weight excluding hydrogens is 589 g/mol. The molecule has 2 atom stereocenters. The minimum Gasteiger partial charge on any atom is -0.350 e. The van der Waals surface area contributed by atoms with Gasteiger partial charge in [-0.15, -0.1) is 0 Å². The van der Waals surface area contributed by atoms with E-state index in [1.807, 2.05) is 5.32 Å². The molecule has 2 aromatic heterocycles. The number of halogens is 7. The summed E-state index contributed by atoms with van der Waals surface area (Å²) in [7, 11) is 0. The van der Waals surface area contributed by atoms with Crippen molar-refractivity contribution in [1.29, 1.82) is 0 Å². The predicted molar refractivity (Wildman–Crippen MR) is 136 cm³/mol. The maximum atomic E-state index is 15.8. The molecule has 2 saturated carbocycles. The zero-order valence-corrected chi connectivity index (χ0v) is 22.9. The van der Waals surface area contributed by atoms with Crippen LogP contribution in [-0.2, 0) is 4.79 Å². The number of aromatic amines is 1. The third-order valence-electron chi connectivity index (χ3n) is 7.83. The Labute approximate surface area is 240 Å². The molecule has 5 rings (SSSR count). The summed E-state index contributed by atoms with van der Waals surface area (Å²) in [4.78, 5) is 33.0. The van der Waals surface area contributed by atoms with Gasteiger partial charge in [-0.05, 0) is 42.8 Å². The molecule has 1 unspecified atom stereocenters. The molecule has 0 radical (unpaired) electrons. The fraction of sp³-hybridized carbons (Fsp3) is 0.593. The second-order valence-electron chi connectivity index (χ2n) is 11.4. The van der Waals surface area contributed by atoms with Gasteiger partial charge < -0.3 is 15.6 Å². The Bertz CT molecular complexity index is 1470.